The summed E-state index contributed by atoms with van der Waals surface area (Å²) in [4.78, 5) is 12.2. The second kappa shape index (κ2) is 7.05. The molecule has 0 fully saturated rings. The molecule has 0 radical (unpaired) electrons. The van der Waals surface area contributed by atoms with Gasteiger partial charge in [-0.3, -0.25) is 4.79 Å². The molecule has 0 aromatic heterocycles. The van der Waals surface area contributed by atoms with Gasteiger partial charge in [0.15, 0.2) is 17.3 Å². The molecule has 0 heterocycles. The van der Waals surface area contributed by atoms with Crippen LogP contribution >= 0.6 is 34.8 Å². The molecule has 1 N–H and O–H groups in total. The number of phenols is 1. The molecule has 2 aromatic carbocycles. The van der Waals surface area contributed by atoms with Crippen molar-refractivity contribution >= 4 is 46.7 Å². The van der Waals surface area contributed by atoms with Crippen molar-refractivity contribution < 1.29 is 14.6 Å². The third-order valence-electron chi connectivity index (χ3n) is 2.93. The Balaban J connectivity index is 2.27. The number of benzene rings is 2. The number of ketones is 1. The molecule has 2 rings (SSSR count). The molecular weight excluding hydrogens is 347 g/mol. The van der Waals surface area contributed by atoms with Gasteiger partial charge in [-0.25, -0.2) is 0 Å². The van der Waals surface area contributed by atoms with Gasteiger partial charge in [-0.15, -0.1) is 0 Å². The van der Waals surface area contributed by atoms with Gasteiger partial charge in [0.25, 0.3) is 0 Å². The van der Waals surface area contributed by atoms with Gasteiger partial charge in [0.2, 0.25) is 0 Å². The van der Waals surface area contributed by atoms with Crippen LogP contribution in [0.5, 0.6) is 11.5 Å². The molecule has 0 bridgehead atoms. The molecule has 2 aromatic rings. The molecule has 22 heavy (non-hydrogen) atoms. The maximum absolute atomic E-state index is 12.2. The zero-order valence-corrected chi connectivity index (χ0v) is 13.7. The van der Waals surface area contributed by atoms with Crippen LogP contribution in [0.2, 0.25) is 15.1 Å². The Morgan fingerprint density at radius 1 is 1.14 bits per heavy atom. The number of carbonyl (C=O) groups is 1. The van der Waals surface area contributed by atoms with E-state index >= 15 is 0 Å². The molecule has 0 spiro atoms. The minimum atomic E-state index is -0.310. The lowest BCUT2D eigenvalue weighted by atomic mass is 10.1. The smallest absolute Gasteiger partial charge is 0.187 e. The average Bonchev–Trinajstić information content (AvgIpc) is 2.51. The largest absolute Gasteiger partial charge is 0.504 e. The van der Waals surface area contributed by atoms with Gasteiger partial charge >= 0.3 is 0 Å². The average molecular weight is 358 g/mol. The Morgan fingerprint density at radius 3 is 2.55 bits per heavy atom. The highest BCUT2D eigenvalue weighted by molar-refractivity contribution is 6.49. The number of phenolic OH excluding ortho intramolecular Hbond substituents is 1. The molecule has 0 aliphatic carbocycles. The standard InChI is InChI=1S/C16H11Cl3O3/c1-22-14-8-9(3-7-13(14)21)2-6-12(20)10-4-5-11(17)16(19)15(10)18/h2-8,21H,1H3/b6-2+. The molecule has 0 saturated heterocycles. The molecule has 114 valence electrons. The molecule has 0 atom stereocenters. The highest BCUT2D eigenvalue weighted by atomic mass is 35.5. The Morgan fingerprint density at radius 2 is 1.86 bits per heavy atom. The summed E-state index contributed by atoms with van der Waals surface area (Å²) in [5.74, 6) is 0.0382. The van der Waals surface area contributed by atoms with Crippen molar-refractivity contribution in [2.45, 2.75) is 0 Å². The van der Waals surface area contributed by atoms with Crippen molar-refractivity contribution in [3.8, 4) is 11.5 Å². The van der Waals surface area contributed by atoms with Crippen molar-refractivity contribution in [2.24, 2.45) is 0 Å². The number of methoxy groups -OCH3 is 1. The van der Waals surface area contributed by atoms with Crippen LogP contribution in [-0.4, -0.2) is 18.0 Å². The highest BCUT2D eigenvalue weighted by Gasteiger charge is 2.13. The van der Waals surface area contributed by atoms with Gasteiger partial charge in [-0.1, -0.05) is 46.9 Å². The first-order chi connectivity index (χ1) is 10.4. The first kappa shape index (κ1) is 16.7. The van der Waals surface area contributed by atoms with Crippen LogP contribution in [0.1, 0.15) is 15.9 Å². The van der Waals surface area contributed by atoms with E-state index in [2.05, 4.69) is 0 Å². The van der Waals surface area contributed by atoms with Crippen molar-refractivity contribution in [2.75, 3.05) is 7.11 Å². The van der Waals surface area contributed by atoms with Crippen LogP contribution in [0.25, 0.3) is 6.08 Å². The Kier molecular flexibility index (Phi) is 5.35. The summed E-state index contributed by atoms with van der Waals surface area (Å²) >= 11 is 17.8. The summed E-state index contributed by atoms with van der Waals surface area (Å²) in [6, 6.07) is 7.77. The minimum absolute atomic E-state index is 0.0264. The van der Waals surface area contributed by atoms with Crippen molar-refractivity contribution in [3.63, 3.8) is 0 Å². The predicted octanol–water partition coefficient (Wildman–Crippen LogP) is 5.26. The Bertz CT molecular complexity index is 755. The zero-order valence-electron chi connectivity index (χ0n) is 11.4. The van der Waals surface area contributed by atoms with E-state index in [-0.39, 0.29) is 32.2 Å². The fraction of sp³-hybridized carbons (Fsp3) is 0.0625. The monoisotopic (exact) mass is 356 g/mol. The molecular formula is C16H11Cl3O3. The van der Waals surface area contributed by atoms with E-state index in [0.717, 1.165) is 0 Å². The molecule has 0 aliphatic rings. The van der Waals surface area contributed by atoms with Crippen molar-refractivity contribution in [1.29, 1.82) is 0 Å². The quantitative estimate of drug-likeness (QED) is 0.461. The summed E-state index contributed by atoms with van der Waals surface area (Å²) in [6.07, 6.45) is 2.94. The Labute approximate surface area is 142 Å². The highest BCUT2D eigenvalue weighted by Crippen LogP contribution is 2.33. The number of carbonyl (C=O) groups excluding carboxylic acids is 1. The molecule has 0 amide bonds. The lowest BCUT2D eigenvalue weighted by Crippen LogP contribution is -1.96. The first-order valence-electron chi connectivity index (χ1n) is 6.17. The van der Waals surface area contributed by atoms with Crippen LogP contribution in [0.4, 0.5) is 0 Å². The third-order valence-corrected chi connectivity index (χ3v) is 4.23. The first-order valence-corrected chi connectivity index (χ1v) is 7.30. The van der Waals surface area contributed by atoms with Gasteiger partial charge in [0, 0.05) is 5.56 Å². The number of halogens is 3. The van der Waals surface area contributed by atoms with E-state index in [4.69, 9.17) is 39.5 Å². The van der Waals surface area contributed by atoms with E-state index in [0.29, 0.717) is 11.3 Å². The second-order valence-electron chi connectivity index (χ2n) is 4.35. The van der Waals surface area contributed by atoms with Gasteiger partial charge in [0.05, 0.1) is 22.2 Å². The lowest BCUT2D eigenvalue weighted by Gasteiger charge is -2.05. The lowest BCUT2D eigenvalue weighted by molar-refractivity contribution is 0.104. The van der Waals surface area contributed by atoms with Crippen LogP contribution in [0.3, 0.4) is 0 Å². The fourth-order valence-electron chi connectivity index (χ4n) is 1.78. The number of aromatic hydroxyl groups is 1. The van der Waals surface area contributed by atoms with Crippen molar-refractivity contribution in [3.05, 3.63) is 62.6 Å². The Hall–Kier alpha value is -1.68. The van der Waals surface area contributed by atoms with Crippen molar-refractivity contribution in [1.82, 2.24) is 0 Å². The van der Waals surface area contributed by atoms with Gasteiger partial charge in [0.1, 0.15) is 0 Å². The van der Waals surface area contributed by atoms with E-state index < -0.39 is 0 Å². The summed E-state index contributed by atoms with van der Waals surface area (Å²) in [6.45, 7) is 0. The SMILES string of the molecule is COc1cc(/C=C/C(=O)c2ccc(Cl)c(Cl)c2Cl)ccc1O. The minimum Gasteiger partial charge on any atom is -0.504 e. The molecule has 0 unspecified atom stereocenters. The normalized spacial score (nSPS) is 10.9. The van der Waals surface area contributed by atoms with Gasteiger partial charge in [-0.05, 0) is 35.9 Å². The van der Waals surface area contributed by atoms with Gasteiger partial charge < -0.3 is 9.84 Å². The zero-order chi connectivity index (χ0) is 16.3. The summed E-state index contributed by atoms with van der Waals surface area (Å²) in [5.41, 5.74) is 0.956. The fourth-order valence-corrected chi connectivity index (χ4v) is 2.40. The van der Waals surface area contributed by atoms with Gasteiger partial charge in [-0.2, -0.15) is 0 Å². The van der Waals surface area contributed by atoms with E-state index in [9.17, 15) is 9.90 Å². The molecule has 0 saturated carbocycles. The number of allylic oxidation sites excluding steroid dienone is 1. The molecule has 0 aliphatic heterocycles. The second-order valence-corrected chi connectivity index (χ2v) is 5.51. The number of rotatable bonds is 4. The maximum Gasteiger partial charge on any atom is 0.187 e. The number of ether oxygens (including phenoxy) is 1. The number of hydrogen-bond donors (Lipinski definition) is 1. The molecule has 3 nitrogen and oxygen atoms in total. The van der Waals surface area contributed by atoms with Crippen LogP contribution in [0, 0.1) is 0 Å². The molecule has 6 heteroatoms. The summed E-state index contributed by atoms with van der Waals surface area (Å²) in [7, 11) is 1.45. The summed E-state index contributed by atoms with van der Waals surface area (Å²) in [5, 5.41) is 10.1. The summed E-state index contributed by atoms with van der Waals surface area (Å²) < 4.78 is 5.00. The third kappa shape index (κ3) is 3.55. The van der Waals surface area contributed by atoms with Crippen LogP contribution < -0.4 is 4.74 Å². The van der Waals surface area contributed by atoms with E-state index in [1.165, 1.54) is 31.4 Å². The topological polar surface area (TPSA) is 46.5 Å². The maximum atomic E-state index is 12.2. The van der Waals surface area contributed by atoms with Crippen LogP contribution in [0.15, 0.2) is 36.4 Å². The van der Waals surface area contributed by atoms with E-state index in [1.807, 2.05) is 0 Å². The number of hydrogen-bond acceptors (Lipinski definition) is 3. The van der Waals surface area contributed by atoms with Crippen LogP contribution in [-0.2, 0) is 0 Å². The predicted molar refractivity (Wildman–Crippen MR) is 89.5 cm³/mol. The van der Waals surface area contributed by atoms with E-state index in [1.54, 1.807) is 18.2 Å².